The zero-order valence-corrected chi connectivity index (χ0v) is 12.6. The molecule has 7 nitrogen and oxygen atoms in total. The van der Waals surface area contributed by atoms with Crippen LogP contribution in [0.2, 0.25) is 0 Å². The van der Waals surface area contributed by atoms with E-state index in [1.165, 1.54) is 33.2 Å². The minimum atomic E-state index is -1.09. The Bertz CT molecular complexity index is 583. The zero-order chi connectivity index (χ0) is 16.5. The molecule has 0 aromatic heterocycles. The third kappa shape index (κ3) is 5.28. The Morgan fingerprint density at radius 1 is 1.23 bits per heavy atom. The highest BCUT2D eigenvalue weighted by atomic mass is 16.5. The molecule has 0 bridgehead atoms. The van der Waals surface area contributed by atoms with E-state index in [4.69, 9.17) is 9.47 Å². The normalized spacial score (nSPS) is 11.6. The summed E-state index contributed by atoms with van der Waals surface area (Å²) in [4.78, 5) is 34.2. The fourth-order valence-electron chi connectivity index (χ4n) is 1.50. The van der Waals surface area contributed by atoms with Gasteiger partial charge >= 0.3 is 12.0 Å². The lowest BCUT2D eigenvalue weighted by atomic mass is 10.2. The van der Waals surface area contributed by atoms with Crippen LogP contribution in [0.3, 0.4) is 0 Å². The van der Waals surface area contributed by atoms with E-state index in [-0.39, 0.29) is 0 Å². The average molecular weight is 306 g/mol. The van der Waals surface area contributed by atoms with Gasteiger partial charge in [0, 0.05) is 18.7 Å². The molecule has 0 radical (unpaired) electrons. The molecule has 0 saturated carbocycles. The molecule has 22 heavy (non-hydrogen) atoms. The van der Waals surface area contributed by atoms with Crippen LogP contribution in [0.1, 0.15) is 12.5 Å². The molecule has 0 spiro atoms. The highest BCUT2D eigenvalue weighted by molar-refractivity contribution is 5.98. The number of esters is 1. The predicted molar refractivity (Wildman–Crippen MR) is 80.2 cm³/mol. The van der Waals surface area contributed by atoms with Gasteiger partial charge in [-0.05, 0) is 19.1 Å². The summed E-state index contributed by atoms with van der Waals surface area (Å²) in [5, 5.41) is 4.24. The Balaban J connectivity index is 2.60. The van der Waals surface area contributed by atoms with Crippen molar-refractivity contribution in [3.63, 3.8) is 0 Å². The van der Waals surface area contributed by atoms with E-state index in [2.05, 4.69) is 5.32 Å². The molecule has 2 N–H and O–H groups in total. The van der Waals surface area contributed by atoms with Gasteiger partial charge in [-0.2, -0.15) is 0 Å². The second-order valence-corrected chi connectivity index (χ2v) is 4.22. The summed E-state index contributed by atoms with van der Waals surface area (Å²) in [7, 11) is 2.89. The van der Waals surface area contributed by atoms with Crippen molar-refractivity contribution in [3.05, 3.63) is 35.9 Å². The molecule has 0 fully saturated rings. The van der Waals surface area contributed by atoms with Crippen LogP contribution in [0.4, 0.5) is 4.79 Å². The summed E-state index contributed by atoms with van der Waals surface area (Å²) in [5.74, 6) is -0.805. The molecule has 0 saturated heterocycles. The van der Waals surface area contributed by atoms with Gasteiger partial charge in [0.05, 0.1) is 7.11 Å². The second-order valence-electron chi connectivity index (χ2n) is 4.22. The predicted octanol–water partition coefficient (Wildman–Crippen LogP) is 1.10. The van der Waals surface area contributed by atoms with Crippen molar-refractivity contribution in [2.24, 2.45) is 0 Å². The lowest BCUT2D eigenvalue weighted by molar-refractivity contribution is -0.149. The zero-order valence-electron chi connectivity index (χ0n) is 12.6. The standard InChI is InChI=1S/C15H18N2O5/c1-10(14(19)17-15(20)16-2)22-13(18)9-8-11-6-4-5-7-12(11)21-3/h4-10H,1-3H3,(H2,16,17,19,20)/b9-8+/t10-/m0/s1. The van der Waals surface area contributed by atoms with Crippen LogP contribution >= 0.6 is 0 Å². The maximum Gasteiger partial charge on any atom is 0.331 e. The number of rotatable bonds is 5. The minimum Gasteiger partial charge on any atom is -0.496 e. The fourth-order valence-corrected chi connectivity index (χ4v) is 1.50. The molecule has 0 aliphatic heterocycles. The highest BCUT2D eigenvalue weighted by Crippen LogP contribution is 2.18. The maximum absolute atomic E-state index is 11.7. The Hall–Kier alpha value is -2.83. The lowest BCUT2D eigenvalue weighted by Gasteiger charge is -2.11. The molecule has 118 valence electrons. The largest absolute Gasteiger partial charge is 0.496 e. The van der Waals surface area contributed by atoms with E-state index in [9.17, 15) is 14.4 Å². The van der Waals surface area contributed by atoms with Gasteiger partial charge in [-0.1, -0.05) is 18.2 Å². The summed E-state index contributed by atoms with van der Waals surface area (Å²) in [6.07, 6.45) is 1.61. The van der Waals surface area contributed by atoms with Gasteiger partial charge in [0.1, 0.15) is 5.75 Å². The van der Waals surface area contributed by atoms with Crippen molar-refractivity contribution >= 4 is 24.0 Å². The molecule has 3 amide bonds. The van der Waals surface area contributed by atoms with Gasteiger partial charge in [0.2, 0.25) is 0 Å². The summed E-state index contributed by atoms with van der Waals surface area (Å²) in [6, 6.07) is 6.46. The van der Waals surface area contributed by atoms with Gasteiger partial charge < -0.3 is 14.8 Å². The van der Waals surface area contributed by atoms with E-state index >= 15 is 0 Å². The number of para-hydroxylation sites is 1. The van der Waals surface area contributed by atoms with Gasteiger partial charge in [0.15, 0.2) is 6.10 Å². The maximum atomic E-state index is 11.7. The number of amides is 3. The van der Waals surface area contributed by atoms with Crippen LogP contribution in [0.25, 0.3) is 6.08 Å². The first-order valence-electron chi connectivity index (χ1n) is 6.52. The monoisotopic (exact) mass is 306 g/mol. The Morgan fingerprint density at radius 2 is 1.91 bits per heavy atom. The third-order valence-corrected chi connectivity index (χ3v) is 2.66. The van der Waals surface area contributed by atoms with Crippen molar-refractivity contribution in [1.29, 1.82) is 0 Å². The number of hydrogen-bond acceptors (Lipinski definition) is 5. The Labute approximate surface area is 128 Å². The molecule has 0 heterocycles. The number of nitrogens with one attached hydrogen (secondary N) is 2. The van der Waals surface area contributed by atoms with E-state index in [0.717, 1.165) is 0 Å². The van der Waals surface area contributed by atoms with Crippen LogP contribution in [0.5, 0.6) is 5.75 Å². The number of imide groups is 1. The van der Waals surface area contributed by atoms with E-state index < -0.39 is 24.0 Å². The number of methoxy groups -OCH3 is 1. The van der Waals surface area contributed by atoms with Crippen molar-refractivity contribution in [2.45, 2.75) is 13.0 Å². The van der Waals surface area contributed by atoms with E-state index in [1.54, 1.807) is 24.3 Å². The number of carbonyl (C=O) groups is 3. The molecule has 0 aliphatic rings. The fraction of sp³-hybridized carbons (Fsp3) is 0.267. The first-order chi connectivity index (χ1) is 10.5. The Kier molecular flexibility index (Phi) is 6.62. The number of urea groups is 1. The highest BCUT2D eigenvalue weighted by Gasteiger charge is 2.18. The van der Waals surface area contributed by atoms with Crippen molar-refractivity contribution in [1.82, 2.24) is 10.6 Å². The third-order valence-electron chi connectivity index (χ3n) is 2.66. The van der Waals surface area contributed by atoms with E-state index in [1.807, 2.05) is 5.32 Å². The Morgan fingerprint density at radius 3 is 2.55 bits per heavy atom. The van der Waals surface area contributed by atoms with Crippen LogP contribution in [-0.4, -0.2) is 38.2 Å². The first kappa shape index (κ1) is 17.2. The average Bonchev–Trinajstić information content (AvgIpc) is 2.52. The summed E-state index contributed by atoms with van der Waals surface area (Å²) in [5.41, 5.74) is 0.699. The van der Waals surface area contributed by atoms with Crippen molar-refractivity contribution in [3.8, 4) is 5.75 Å². The first-order valence-corrected chi connectivity index (χ1v) is 6.52. The molecular formula is C15H18N2O5. The van der Waals surface area contributed by atoms with Gasteiger partial charge in [-0.25, -0.2) is 9.59 Å². The lowest BCUT2D eigenvalue weighted by Crippen LogP contribution is -2.43. The quantitative estimate of drug-likeness (QED) is 0.627. The molecular weight excluding hydrogens is 288 g/mol. The van der Waals surface area contributed by atoms with E-state index in [0.29, 0.717) is 11.3 Å². The molecule has 0 aliphatic carbocycles. The van der Waals surface area contributed by atoms with Gasteiger partial charge in [0.25, 0.3) is 5.91 Å². The van der Waals surface area contributed by atoms with Crippen LogP contribution in [-0.2, 0) is 14.3 Å². The van der Waals surface area contributed by atoms with Crippen LogP contribution in [0, 0.1) is 0 Å². The molecule has 7 heteroatoms. The van der Waals surface area contributed by atoms with Crippen molar-refractivity contribution in [2.75, 3.05) is 14.2 Å². The number of carbonyl (C=O) groups excluding carboxylic acids is 3. The summed E-state index contributed by atoms with van der Waals surface area (Å²) >= 11 is 0. The molecule has 1 aromatic carbocycles. The SMILES string of the molecule is CNC(=O)NC(=O)[C@H](C)OC(=O)/C=C/c1ccccc1OC. The number of benzene rings is 1. The molecule has 0 unspecified atom stereocenters. The second kappa shape index (κ2) is 8.46. The molecule has 1 rings (SSSR count). The van der Waals surface area contributed by atoms with Crippen LogP contribution < -0.4 is 15.4 Å². The van der Waals surface area contributed by atoms with Crippen molar-refractivity contribution < 1.29 is 23.9 Å². The molecule has 1 atom stereocenters. The van der Waals surface area contributed by atoms with Gasteiger partial charge in [-0.15, -0.1) is 0 Å². The number of ether oxygens (including phenoxy) is 2. The minimum absolute atomic E-state index is 0.608. The number of hydrogen-bond donors (Lipinski definition) is 2. The summed E-state index contributed by atoms with van der Waals surface area (Å²) < 4.78 is 10.0. The molecule has 1 aromatic rings. The topological polar surface area (TPSA) is 93.7 Å². The smallest absolute Gasteiger partial charge is 0.331 e. The van der Waals surface area contributed by atoms with Gasteiger partial charge in [-0.3, -0.25) is 10.1 Å². The van der Waals surface area contributed by atoms with Crippen LogP contribution in [0.15, 0.2) is 30.3 Å². The summed E-state index contributed by atoms with van der Waals surface area (Å²) in [6.45, 7) is 1.37.